The van der Waals surface area contributed by atoms with E-state index >= 15 is 0 Å². The average Bonchev–Trinajstić information content (AvgIpc) is 2.97. The Bertz CT molecular complexity index is 642. The quantitative estimate of drug-likeness (QED) is 0.817. The molecule has 7 heteroatoms. The number of methoxy groups -OCH3 is 1. The van der Waals surface area contributed by atoms with Crippen molar-refractivity contribution in [3.8, 4) is 10.6 Å². The molecule has 0 aliphatic rings. The van der Waals surface area contributed by atoms with E-state index in [1.165, 1.54) is 18.3 Å². The summed E-state index contributed by atoms with van der Waals surface area (Å²) in [4.78, 5) is 15.4. The van der Waals surface area contributed by atoms with Crippen LogP contribution in [0.15, 0.2) is 24.3 Å². The van der Waals surface area contributed by atoms with Gasteiger partial charge in [0.1, 0.15) is 5.01 Å². The molecule has 0 atom stereocenters. The lowest BCUT2D eigenvalue weighted by Gasteiger charge is -2.16. The number of carbonyl (C=O) groups excluding carboxylic acids is 1. The first kappa shape index (κ1) is 16.4. The highest BCUT2D eigenvalue weighted by Crippen LogP contribution is 2.30. The normalized spacial score (nSPS) is 10.5. The van der Waals surface area contributed by atoms with Crippen molar-refractivity contribution >= 4 is 28.1 Å². The van der Waals surface area contributed by atoms with Crippen LogP contribution in [0, 0.1) is 0 Å². The highest BCUT2D eigenvalue weighted by molar-refractivity contribution is 7.18. The van der Waals surface area contributed by atoms with E-state index in [1.54, 1.807) is 12.0 Å². The van der Waals surface area contributed by atoms with Crippen molar-refractivity contribution in [2.75, 3.05) is 44.2 Å². The topological polar surface area (TPSA) is 58.6 Å². The fraction of sp³-hybridized carbons (Fsp3) is 0.400. The molecule has 0 aliphatic heterocycles. The first-order chi connectivity index (χ1) is 10.5. The molecule has 1 heterocycles. The van der Waals surface area contributed by atoms with Gasteiger partial charge in [-0.3, -0.25) is 9.69 Å². The Morgan fingerprint density at radius 3 is 2.73 bits per heavy atom. The molecule has 2 rings (SSSR count). The van der Waals surface area contributed by atoms with Crippen LogP contribution in [0.3, 0.4) is 0 Å². The molecule has 0 bridgehead atoms. The monoisotopic (exact) mass is 320 g/mol. The van der Waals surface area contributed by atoms with Crippen LogP contribution in [0.5, 0.6) is 0 Å². The summed E-state index contributed by atoms with van der Waals surface area (Å²) in [5.74, 6) is -0.0678. The first-order valence-electron chi connectivity index (χ1n) is 6.91. The molecule has 2 aromatic rings. The van der Waals surface area contributed by atoms with E-state index < -0.39 is 0 Å². The minimum atomic E-state index is -0.0678. The van der Waals surface area contributed by atoms with Crippen LogP contribution >= 0.6 is 11.3 Å². The van der Waals surface area contributed by atoms with Crippen LogP contribution in [0.4, 0.5) is 10.8 Å². The third-order valence-electron chi connectivity index (χ3n) is 3.15. The fourth-order valence-electron chi connectivity index (χ4n) is 1.93. The highest BCUT2D eigenvalue weighted by Gasteiger charge is 2.17. The lowest BCUT2D eigenvalue weighted by molar-refractivity contribution is -0.116. The Hall–Kier alpha value is -1.99. The van der Waals surface area contributed by atoms with Crippen molar-refractivity contribution in [3.63, 3.8) is 0 Å². The molecule has 1 aromatic heterocycles. The van der Waals surface area contributed by atoms with E-state index in [9.17, 15) is 4.79 Å². The van der Waals surface area contributed by atoms with Gasteiger partial charge in [0.05, 0.1) is 13.2 Å². The van der Waals surface area contributed by atoms with Gasteiger partial charge in [0.2, 0.25) is 11.0 Å². The second-order valence-electron chi connectivity index (χ2n) is 5.00. The minimum Gasteiger partial charge on any atom is -0.383 e. The van der Waals surface area contributed by atoms with E-state index in [2.05, 4.69) is 16.3 Å². The Balaban J connectivity index is 2.26. The van der Waals surface area contributed by atoms with E-state index in [0.717, 1.165) is 16.3 Å². The van der Waals surface area contributed by atoms with Crippen LogP contribution in [-0.4, -0.2) is 50.5 Å². The maximum Gasteiger partial charge on any atom is 0.225 e. The predicted octanol–water partition coefficient (Wildman–Crippen LogP) is 2.27. The van der Waals surface area contributed by atoms with Gasteiger partial charge >= 0.3 is 0 Å². The second kappa shape index (κ2) is 7.33. The molecule has 0 saturated carbocycles. The molecule has 1 amide bonds. The molecule has 0 fully saturated rings. The SMILES string of the molecule is COCCN(C(C)=O)c1nnc(-c2cccc(N(C)C)c2)s1. The number of ether oxygens (including phenoxy) is 1. The number of aromatic nitrogens is 2. The predicted molar refractivity (Wildman–Crippen MR) is 89.6 cm³/mol. The zero-order valence-electron chi connectivity index (χ0n) is 13.2. The Morgan fingerprint density at radius 1 is 1.32 bits per heavy atom. The van der Waals surface area contributed by atoms with Crippen LogP contribution in [-0.2, 0) is 9.53 Å². The largest absolute Gasteiger partial charge is 0.383 e. The zero-order valence-corrected chi connectivity index (χ0v) is 14.1. The molecular formula is C15H20N4O2S. The van der Waals surface area contributed by atoms with Crippen molar-refractivity contribution in [3.05, 3.63) is 24.3 Å². The van der Waals surface area contributed by atoms with E-state index in [0.29, 0.717) is 18.3 Å². The molecule has 0 unspecified atom stereocenters. The number of rotatable bonds is 6. The summed E-state index contributed by atoms with van der Waals surface area (Å²) >= 11 is 1.40. The van der Waals surface area contributed by atoms with Gasteiger partial charge in [0.25, 0.3) is 0 Å². The Kier molecular flexibility index (Phi) is 5.46. The molecule has 0 radical (unpaired) electrons. The number of carbonyl (C=O) groups is 1. The molecule has 0 saturated heterocycles. The van der Waals surface area contributed by atoms with Crippen molar-refractivity contribution in [1.29, 1.82) is 0 Å². The van der Waals surface area contributed by atoms with E-state index in [1.807, 2.05) is 37.2 Å². The van der Waals surface area contributed by atoms with Crippen molar-refractivity contribution in [1.82, 2.24) is 10.2 Å². The molecule has 6 nitrogen and oxygen atoms in total. The third-order valence-corrected chi connectivity index (χ3v) is 4.15. The summed E-state index contributed by atoms with van der Waals surface area (Å²) in [7, 11) is 5.59. The lowest BCUT2D eigenvalue weighted by atomic mass is 10.2. The summed E-state index contributed by atoms with van der Waals surface area (Å²) < 4.78 is 5.03. The molecule has 118 valence electrons. The average molecular weight is 320 g/mol. The van der Waals surface area contributed by atoms with Gasteiger partial charge in [0.15, 0.2) is 0 Å². The number of nitrogens with zero attached hydrogens (tertiary/aromatic N) is 4. The van der Waals surface area contributed by atoms with Crippen LogP contribution < -0.4 is 9.80 Å². The molecule has 0 spiro atoms. The van der Waals surface area contributed by atoms with Gasteiger partial charge in [-0.25, -0.2) is 0 Å². The van der Waals surface area contributed by atoms with Crippen molar-refractivity contribution in [2.24, 2.45) is 0 Å². The highest BCUT2D eigenvalue weighted by atomic mass is 32.1. The number of amides is 1. The molecule has 1 aromatic carbocycles. The van der Waals surface area contributed by atoms with Crippen molar-refractivity contribution < 1.29 is 9.53 Å². The number of benzene rings is 1. The van der Waals surface area contributed by atoms with Crippen LogP contribution in [0.25, 0.3) is 10.6 Å². The summed E-state index contributed by atoms with van der Waals surface area (Å²) in [5.41, 5.74) is 2.09. The zero-order chi connectivity index (χ0) is 16.1. The number of hydrogen-bond donors (Lipinski definition) is 0. The van der Waals surface area contributed by atoms with Crippen LogP contribution in [0.2, 0.25) is 0 Å². The molecule has 22 heavy (non-hydrogen) atoms. The molecular weight excluding hydrogens is 300 g/mol. The maximum atomic E-state index is 11.7. The third kappa shape index (κ3) is 3.80. The van der Waals surface area contributed by atoms with Gasteiger partial charge in [-0.15, -0.1) is 10.2 Å². The number of hydrogen-bond acceptors (Lipinski definition) is 6. The first-order valence-corrected chi connectivity index (χ1v) is 7.73. The van der Waals surface area contributed by atoms with E-state index in [4.69, 9.17) is 4.74 Å². The summed E-state index contributed by atoms with van der Waals surface area (Å²) in [5, 5.41) is 9.75. The lowest BCUT2D eigenvalue weighted by Crippen LogP contribution is -2.31. The second-order valence-corrected chi connectivity index (χ2v) is 5.95. The fourth-order valence-corrected chi connectivity index (χ4v) is 2.84. The van der Waals surface area contributed by atoms with Gasteiger partial charge < -0.3 is 9.64 Å². The standard InChI is InChI=1S/C15H20N4O2S/c1-11(20)19(8-9-21-4)15-17-16-14(22-15)12-6-5-7-13(10-12)18(2)3/h5-7,10H,8-9H2,1-4H3. The molecule has 0 aliphatic carbocycles. The summed E-state index contributed by atoms with van der Waals surface area (Å²) in [6, 6.07) is 8.06. The number of anilines is 2. The Labute approximate surface area is 134 Å². The minimum absolute atomic E-state index is 0.0678. The molecule has 0 N–H and O–H groups in total. The van der Waals surface area contributed by atoms with Crippen LogP contribution in [0.1, 0.15) is 6.92 Å². The van der Waals surface area contributed by atoms with Gasteiger partial charge in [-0.2, -0.15) is 0 Å². The van der Waals surface area contributed by atoms with Gasteiger partial charge in [-0.05, 0) is 12.1 Å². The van der Waals surface area contributed by atoms with Gasteiger partial charge in [0, 0.05) is 39.4 Å². The summed E-state index contributed by atoms with van der Waals surface area (Å²) in [6.45, 7) is 2.45. The summed E-state index contributed by atoms with van der Waals surface area (Å²) in [6.07, 6.45) is 0. The smallest absolute Gasteiger partial charge is 0.225 e. The Morgan fingerprint density at radius 2 is 2.09 bits per heavy atom. The van der Waals surface area contributed by atoms with Gasteiger partial charge in [-0.1, -0.05) is 23.5 Å². The maximum absolute atomic E-state index is 11.7. The van der Waals surface area contributed by atoms with Crippen molar-refractivity contribution in [2.45, 2.75) is 6.92 Å². The van der Waals surface area contributed by atoms with E-state index in [-0.39, 0.29) is 5.91 Å².